The first-order valence-corrected chi connectivity index (χ1v) is 5.55. The van der Waals surface area contributed by atoms with E-state index in [1.165, 1.54) is 0 Å². The lowest BCUT2D eigenvalue weighted by Gasteiger charge is -2.07. The molecule has 0 unspecified atom stereocenters. The van der Waals surface area contributed by atoms with E-state index < -0.39 is 0 Å². The first kappa shape index (κ1) is 12.2. The molecule has 1 aromatic rings. The zero-order valence-corrected chi connectivity index (χ0v) is 10.2. The van der Waals surface area contributed by atoms with Crippen molar-refractivity contribution < 1.29 is 9.90 Å². The van der Waals surface area contributed by atoms with E-state index in [4.69, 9.17) is 5.11 Å². The van der Waals surface area contributed by atoms with Crippen LogP contribution in [0.25, 0.3) is 0 Å². The van der Waals surface area contributed by atoms with Gasteiger partial charge in [0.25, 0.3) is 0 Å². The van der Waals surface area contributed by atoms with Crippen LogP contribution in [-0.4, -0.2) is 17.6 Å². The van der Waals surface area contributed by atoms with Crippen molar-refractivity contribution in [2.45, 2.75) is 19.9 Å². The fourth-order valence-electron chi connectivity index (χ4n) is 1.21. The van der Waals surface area contributed by atoms with Gasteiger partial charge in [-0.2, -0.15) is 0 Å². The molecule has 0 aliphatic carbocycles. The van der Waals surface area contributed by atoms with Gasteiger partial charge in [0.15, 0.2) is 0 Å². The van der Waals surface area contributed by atoms with Crippen LogP contribution >= 0.6 is 15.9 Å². The van der Waals surface area contributed by atoms with Gasteiger partial charge in [-0.15, -0.1) is 0 Å². The third-order valence-electron chi connectivity index (χ3n) is 2.13. The minimum Gasteiger partial charge on any atom is -0.396 e. The van der Waals surface area contributed by atoms with Crippen molar-refractivity contribution in [3.63, 3.8) is 0 Å². The summed E-state index contributed by atoms with van der Waals surface area (Å²) in [7, 11) is 0. The number of amides is 1. The maximum atomic E-state index is 11.1. The predicted octanol–water partition coefficient (Wildman–Crippen LogP) is 1.76. The fraction of sp³-hybridized carbons (Fsp3) is 0.364. The Balaban J connectivity index is 2.57. The number of carbonyl (C=O) groups excluding carboxylic acids is 1. The third kappa shape index (κ3) is 4.01. The van der Waals surface area contributed by atoms with E-state index in [0.29, 0.717) is 6.54 Å². The molecule has 0 saturated heterocycles. The van der Waals surface area contributed by atoms with Crippen LogP contribution in [0.3, 0.4) is 0 Å². The highest BCUT2D eigenvalue weighted by atomic mass is 79.9. The number of hydrogen-bond acceptors (Lipinski definition) is 2. The summed E-state index contributed by atoms with van der Waals surface area (Å²) in [4.78, 5) is 11.1. The van der Waals surface area contributed by atoms with Crippen LogP contribution < -0.4 is 5.32 Å². The van der Waals surface area contributed by atoms with E-state index in [1.807, 2.05) is 25.1 Å². The molecule has 0 atom stereocenters. The summed E-state index contributed by atoms with van der Waals surface area (Å²) >= 11 is 3.38. The predicted molar refractivity (Wildman–Crippen MR) is 62.4 cm³/mol. The molecule has 1 aromatic carbocycles. The van der Waals surface area contributed by atoms with Crippen LogP contribution in [0.2, 0.25) is 0 Å². The number of benzene rings is 1. The van der Waals surface area contributed by atoms with E-state index in [2.05, 4.69) is 21.2 Å². The van der Waals surface area contributed by atoms with E-state index in [9.17, 15) is 4.79 Å². The van der Waals surface area contributed by atoms with Gasteiger partial charge >= 0.3 is 0 Å². The zero-order chi connectivity index (χ0) is 11.3. The molecule has 0 aliphatic heterocycles. The average Bonchev–Trinajstić information content (AvgIpc) is 2.20. The van der Waals surface area contributed by atoms with E-state index in [1.54, 1.807) is 0 Å². The van der Waals surface area contributed by atoms with Crippen molar-refractivity contribution >= 4 is 21.8 Å². The lowest BCUT2D eigenvalue weighted by atomic mass is 10.1. The van der Waals surface area contributed by atoms with Crippen LogP contribution in [0.1, 0.15) is 17.5 Å². The van der Waals surface area contributed by atoms with Gasteiger partial charge in [0.1, 0.15) is 0 Å². The SMILES string of the molecule is Cc1ccc(Br)cc1CNC(=O)CCO. The van der Waals surface area contributed by atoms with Crippen molar-refractivity contribution in [2.75, 3.05) is 6.61 Å². The van der Waals surface area contributed by atoms with Crippen LogP contribution in [-0.2, 0) is 11.3 Å². The summed E-state index contributed by atoms with van der Waals surface area (Å²) in [5.41, 5.74) is 2.22. The molecule has 2 N–H and O–H groups in total. The molecule has 0 heterocycles. The second kappa shape index (κ2) is 5.88. The van der Waals surface area contributed by atoms with Gasteiger partial charge in [0.2, 0.25) is 5.91 Å². The molecule has 1 amide bonds. The Morgan fingerprint density at radius 2 is 2.27 bits per heavy atom. The normalized spacial score (nSPS) is 10.1. The molecular weight excluding hydrogens is 258 g/mol. The van der Waals surface area contributed by atoms with Gasteiger partial charge in [0.05, 0.1) is 6.61 Å². The summed E-state index contributed by atoms with van der Waals surface area (Å²) in [6.45, 7) is 2.40. The minimum absolute atomic E-state index is 0.108. The van der Waals surface area contributed by atoms with E-state index >= 15 is 0 Å². The van der Waals surface area contributed by atoms with Crippen LogP contribution in [0, 0.1) is 6.92 Å². The Morgan fingerprint density at radius 3 is 2.93 bits per heavy atom. The summed E-state index contributed by atoms with van der Waals surface area (Å²) in [6.07, 6.45) is 0.160. The van der Waals surface area contributed by atoms with Gasteiger partial charge in [-0.05, 0) is 30.2 Å². The lowest BCUT2D eigenvalue weighted by molar-refractivity contribution is -0.121. The number of hydrogen-bond donors (Lipinski definition) is 2. The average molecular weight is 272 g/mol. The summed E-state index contributed by atoms with van der Waals surface area (Å²) in [5, 5.41) is 11.3. The lowest BCUT2D eigenvalue weighted by Crippen LogP contribution is -2.23. The largest absolute Gasteiger partial charge is 0.396 e. The van der Waals surface area contributed by atoms with Gasteiger partial charge in [-0.3, -0.25) is 4.79 Å². The molecule has 1 rings (SSSR count). The molecule has 0 spiro atoms. The molecule has 15 heavy (non-hydrogen) atoms. The Labute approximate surface area is 97.6 Å². The topological polar surface area (TPSA) is 49.3 Å². The highest BCUT2D eigenvalue weighted by Gasteiger charge is 2.02. The molecule has 0 radical (unpaired) electrons. The molecule has 4 heteroatoms. The van der Waals surface area contributed by atoms with Crippen molar-refractivity contribution in [3.05, 3.63) is 33.8 Å². The fourth-order valence-corrected chi connectivity index (χ4v) is 1.62. The summed E-state index contributed by atoms with van der Waals surface area (Å²) in [6, 6.07) is 5.94. The van der Waals surface area contributed by atoms with Gasteiger partial charge in [-0.25, -0.2) is 0 Å². The molecule has 82 valence electrons. The Kier molecular flexibility index (Phi) is 4.78. The van der Waals surface area contributed by atoms with Crippen molar-refractivity contribution in [1.29, 1.82) is 0 Å². The van der Waals surface area contributed by atoms with Gasteiger partial charge in [0, 0.05) is 17.4 Å². The number of halogens is 1. The van der Waals surface area contributed by atoms with Crippen molar-refractivity contribution in [3.8, 4) is 0 Å². The Morgan fingerprint density at radius 1 is 1.53 bits per heavy atom. The molecule has 0 fully saturated rings. The second-order valence-corrected chi connectivity index (χ2v) is 4.24. The standard InChI is InChI=1S/C11H14BrNO2/c1-8-2-3-10(12)6-9(8)7-13-11(15)4-5-14/h2-3,6,14H,4-5,7H2,1H3,(H,13,15). The van der Waals surface area contributed by atoms with Crippen LogP contribution in [0.15, 0.2) is 22.7 Å². The Hall–Kier alpha value is -0.870. The summed E-state index contributed by atoms with van der Waals surface area (Å²) in [5.74, 6) is -0.128. The van der Waals surface area contributed by atoms with Gasteiger partial charge < -0.3 is 10.4 Å². The highest BCUT2D eigenvalue weighted by molar-refractivity contribution is 9.10. The smallest absolute Gasteiger partial charge is 0.222 e. The molecule has 0 bridgehead atoms. The monoisotopic (exact) mass is 271 g/mol. The maximum absolute atomic E-state index is 11.1. The first-order chi connectivity index (χ1) is 7.13. The van der Waals surface area contributed by atoms with Gasteiger partial charge in [-0.1, -0.05) is 22.0 Å². The molecule has 3 nitrogen and oxygen atoms in total. The molecular formula is C11H14BrNO2. The number of nitrogens with one attached hydrogen (secondary N) is 1. The van der Waals surface area contributed by atoms with E-state index in [0.717, 1.165) is 15.6 Å². The Bertz CT molecular complexity index is 352. The molecule has 0 saturated carbocycles. The third-order valence-corrected chi connectivity index (χ3v) is 2.62. The number of aryl methyl sites for hydroxylation is 1. The van der Waals surface area contributed by atoms with E-state index in [-0.39, 0.29) is 18.9 Å². The van der Waals surface area contributed by atoms with Crippen molar-refractivity contribution in [1.82, 2.24) is 5.32 Å². The zero-order valence-electron chi connectivity index (χ0n) is 8.59. The summed E-state index contributed by atoms with van der Waals surface area (Å²) < 4.78 is 1.000. The minimum atomic E-state index is -0.128. The first-order valence-electron chi connectivity index (χ1n) is 4.76. The number of aliphatic hydroxyl groups is 1. The number of rotatable bonds is 4. The highest BCUT2D eigenvalue weighted by Crippen LogP contribution is 2.15. The number of carbonyl (C=O) groups is 1. The van der Waals surface area contributed by atoms with Crippen molar-refractivity contribution in [2.24, 2.45) is 0 Å². The van der Waals surface area contributed by atoms with Crippen LogP contribution in [0.4, 0.5) is 0 Å². The number of aliphatic hydroxyl groups excluding tert-OH is 1. The second-order valence-electron chi connectivity index (χ2n) is 3.32. The maximum Gasteiger partial charge on any atom is 0.222 e. The quantitative estimate of drug-likeness (QED) is 0.877. The molecule has 0 aromatic heterocycles. The van der Waals surface area contributed by atoms with Crippen LogP contribution in [0.5, 0.6) is 0 Å². The molecule has 0 aliphatic rings.